The maximum absolute atomic E-state index is 12.4. The van der Waals surface area contributed by atoms with E-state index >= 15 is 0 Å². The van der Waals surface area contributed by atoms with Crippen molar-refractivity contribution in [3.8, 4) is 0 Å². The predicted molar refractivity (Wildman–Crippen MR) is 92.0 cm³/mol. The molecular formula is C16H26BrNO2S. The van der Waals surface area contributed by atoms with Gasteiger partial charge in [0.1, 0.15) is 0 Å². The average molecular weight is 376 g/mol. The van der Waals surface area contributed by atoms with Crippen LogP contribution in [0.5, 0.6) is 0 Å². The molecule has 0 aliphatic carbocycles. The highest BCUT2D eigenvalue weighted by Gasteiger charge is 2.23. The monoisotopic (exact) mass is 375 g/mol. The van der Waals surface area contributed by atoms with Gasteiger partial charge >= 0.3 is 0 Å². The minimum absolute atomic E-state index is 0.0256. The summed E-state index contributed by atoms with van der Waals surface area (Å²) in [6, 6.07) is 5.32. The van der Waals surface area contributed by atoms with Crippen LogP contribution < -0.4 is 4.72 Å². The van der Waals surface area contributed by atoms with E-state index < -0.39 is 10.0 Å². The summed E-state index contributed by atoms with van der Waals surface area (Å²) >= 11 is 3.33. The van der Waals surface area contributed by atoms with E-state index in [9.17, 15) is 8.42 Å². The average Bonchev–Trinajstić information content (AvgIpc) is 2.40. The lowest BCUT2D eigenvalue weighted by atomic mass is 9.87. The van der Waals surface area contributed by atoms with E-state index in [0.717, 1.165) is 22.9 Å². The first kappa shape index (κ1) is 18.7. The fourth-order valence-electron chi connectivity index (χ4n) is 2.17. The summed E-state index contributed by atoms with van der Waals surface area (Å²) in [6.45, 7) is 8.67. The molecule has 21 heavy (non-hydrogen) atoms. The molecule has 0 unspecified atom stereocenters. The minimum Gasteiger partial charge on any atom is -0.211 e. The van der Waals surface area contributed by atoms with Crippen LogP contribution in [-0.2, 0) is 10.0 Å². The Labute approximate surface area is 137 Å². The molecule has 0 heterocycles. The molecule has 0 fully saturated rings. The molecule has 0 spiro atoms. The Bertz CT molecular complexity index is 568. The number of benzene rings is 1. The predicted octanol–water partition coefficient (Wildman–Crippen LogP) is 4.64. The summed E-state index contributed by atoms with van der Waals surface area (Å²) in [5.41, 5.74) is 0.733. The van der Waals surface area contributed by atoms with Gasteiger partial charge in [0.25, 0.3) is 0 Å². The van der Waals surface area contributed by atoms with Gasteiger partial charge in [0, 0.05) is 11.0 Å². The number of sulfonamides is 1. The van der Waals surface area contributed by atoms with Crippen molar-refractivity contribution >= 4 is 26.0 Å². The van der Waals surface area contributed by atoms with Crippen LogP contribution in [-0.4, -0.2) is 15.0 Å². The van der Waals surface area contributed by atoms with Gasteiger partial charge in [-0.2, -0.15) is 0 Å². The van der Waals surface area contributed by atoms with Crippen molar-refractivity contribution < 1.29 is 8.42 Å². The zero-order valence-corrected chi connectivity index (χ0v) is 15.8. The fraction of sp³-hybridized carbons (Fsp3) is 0.625. The van der Waals surface area contributed by atoms with Crippen LogP contribution in [0.15, 0.2) is 27.6 Å². The van der Waals surface area contributed by atoms with E-state index in [1.165, 1.54) is 12.8 Å². The van der Waals surface area contributed by atoms with Gasteiger partial charge in [0.2, 0.25) is 10.0 Å². The minimum atomic E-state index is -3.46. The molecule has 0 radical (unpaired) electrons. The number of unbranched alkanes of at least 4 members (excludes halogenated alkanes) is 2. The molecule has 0 atom stereocenters. The third-order valence-electron chi connectivity index (χ3n) is 3.64. The summed E-state index contributed by atoms with van der Waals surface area (Å²) in [6.07, 6.45) is 4.54. The largest absolute Gasteiger partial charge is 0.240 e. The summed E-state index contributed by atoms with van der Waals surface area (Å²) in [7, 11) is -3.46. The Morgan fingerprint density at radius 1 is 1.24 bits per heavy atom. The van der Waals surface area contributed by atoms with Crippen LogP contribution in [0.2, 0.25) is 0 Å². The highest BCUT2D eigenvalue weighted by molar-refractivity contribution is 9.10. The highest BCUT2D eigenvalue weighted by atomic mass is 79.9. The Balaban J connectivity index is 2.75. The van der Waals surface area contributed by atoms with Crippen LogP contribution in [0.3, 0.4) is 0 Å². The Hall–Kier alpha value is -0.390. The van der Waals surface area contributed by atoms with E-state index in [-0.39, 0.29) is 5.41 Å². The molecule has 0 bridgehead atoms. The summed E-state index contributed by atoms with van der Waals surface area (Å²) in [5.74, 6) is 0. The number of hydrogen-bond donors (Lipinski definition) is 1. The Morgan fingerprint density at radius 2 is 1.90 bits per heavy atom. The van der Waals surface area contributed by atoms with Gasteiger partial charge in [-0.3, -0.25) is 0 Å². The van der Waals surface area contributed by atoms with Crippen LogP contribution >= 0.6 is 15.9 Å². The molecule has 3 nitrogen and oxygen atoms in total. The lowest BCUT2D eigenvalue weighted by Gasteiger charge is -2.25. The molecule has 1 aromatic rings. The van der Waals surface area contributed by atoms with Crippen molar-refractivity contribution in [1.82, 2.24) is 4.72 Å². The second-order valence-electron chi connectivity index (χ2n) is 6.36. The quantitative estimate of drug-likeness (QED) is 0.672. The van der Waals surface area contributed by atoms with Crippen molar-refractivity contribution in [3.63, 3.8) is 0 Å². The molecule has 1 rings (SSSR count). The Morgan fingerprint density at radius 3 is 2.52 bits per heavy atom. The molecule has 1 N–H and O–H groups in total. The molecule has 0 amide bonds. The van der Waals surface area contributed by atoms with Crippen molar-refractivity contribution in [2.45, 2.75) is 58.3 Å². The van der Waals surface area contributed by atoms with Crippen molar-refractivity contribution in [1.29, 1.82) is 0 Å². The first-order chi connectivity index (χ1) is 9.68. The van der Waals surface area contributed by atoms with E-state index in [0.29, 0.717) is 11.4 Å². The molecule has 1 aromatic carbocycles. The van der Waals surface area contributed by atoms with Gasteiger partial charge in [-0.25, -0.2) is 13.1 Å². The number of nitrogens with one attached hydrogen (secondary N) is 1. The lowest BCUT2D eigenvalue weighted by Crippen LogP contribution is -2.34. The summed E-state index contributed by atoms with van der Waals surface area (Å²) in [4.78, 5) is 0.348. The molecule has 5 heteroatoms. The van der Waals surface area contributed by atoms with Gasteiger partial charge in [-0.1, -0.05) is 62.0 Å². The third kappa shape index (κ3) is 6.09. The van der Waals surface area contributed by atoms with Crippen molar-refractivity contribution in [3.05, 3.63) is 28.2 Å². The molecular weight excluding hydrogens is 350 g/mol. The maximum atomic E-state index is 12.4. The van der Waals surface area contributed by atoms with Crippen LogP contribution in [0.4, 0.5) is 0 Å². The lowest BCUT2D eigenvalue weighted by molar-refractivity contribution is 0.320. The normalized spacial score (nSPS) is 12.6. The standard InChI is InChI=1S/C16H26BrNO2S/c1-5-6-7-10-16(3,4)12-18-21(19,20)15-11-14(17)9-8-13(15)2/h8-9,11,18H,5-7,10,12H2,1-4H3. The topological polar surface area (TPSA) is 46.2 Å². The number of aryl methyl sites for hydroxylation is 1. The first-order valence-electron chi connectivity index (χ1n) is 7.44. The molecule has 0 saturated carbocycles. The van der Waals surface area contributed by atoms with Gasteiger partial charge in [0.15, 0.2) is 0 Å². The second kappa shape index (κ2) is 7.75. The zero-order chi connectivity index (χ0) is 16.1. The van der Waals surface area contributed by atoms with Crippen molar-refractivity contribution in [2.75, 3.05) is 6.54 Å². The van der Waals surface area contributed by atoms with Gasteiger partial charge in [0.05, 0.1) is 4.90 Å². The van der Waals surface area contributed by atoms with E-state index in [4.69, 9.17) is 0 Å². The first-order valence-corrected chi connectivity index (χ1v) is 9.71. The Kier molecular flexibility index (Phi) is 6.88. The van der Waals surface area contributed by atoms with Crippen molar-refractivity contribution in [2.24, 2.45) is 5.41 Å². The number of rotatable bonds is 8. The number of hydrogen-bond acceptors (Lipinski definition) is 2. The SMILES string of the molecule is CCCCCC(C)(C)CNS(=O)(=O)c1cc(Br)ccc1C. The molecule has 120 valence electrons. The molecule has 0 aromatic heterocycles. The van der Waals surface area contributed by atoms with Crippen LogP contribution in [0.1, 0.15) is 52.0 Å². The third-order valence-corrected chi connectivity index (χ3v) is 5.67. The van der Waals surface area contributed by atoms with Gasteiger partial charge < -0.3 is 0 Å². The summed E-state index contributed by atoms with van der Waals surface area (Å²) in [5, 5.41) is 0. The van der Waals surface area contributed by atoms with E-state index in [1.54, 1.807) is 6.07 Å². The highest BCUT2D eigenvalue weighted by Crippen LogP contribution is 2.25. The van der Waals surface area contributed by atoms with Gasteiger partial charge in [-0.05, 0) is 36.5 Å². The van der Waals surface area contributed by atoms with Crippen LogP contribution in [0, 0.1) is 12.3 Å². The van der Waals surface area contributed by atoms with Gasteiger partial charge in [-0.15, -0.1) is 0 Å². The second-order valence-corrected chi connectivity index (χ2v) is 9.01. The zero-order valence-electron chi connectivity index (χ0n) is 13.4. The fourth-order valence-corrected chi connectivity index (χ4v) is 4.20. The molecule has 0 saturated heterocycles. The molecule has 0 aliphatic rings. The molecule has 0 aliphatic heterocycles. The van der Waals surface area contributed by atoms with E-state index in [2.05, 4.69) is 41.4 Å². The summed E-state index contributed by atoms with van der Waals surface area (Å²) < 4.78 is 28.4. The smallest absolute Gasteiger partial charge is 0.211 e. The van der Waals surface area contributed by atoms with Crippen LogP contribution in [0.25, 0.3) is 0 Å². The van der Waals surface area contributed by atoms with E-state index in [1.807, 2.05) is 19.1 Å². The maximum Gasteiger partial charge on any atom is 0.240 e. The number of halogens is 1.